The molecule has 0 radical (unpaired) electrons. The maximum Gasteiger partial charge on any atom is 0.321 e. The molecule has 2 heteroatoms. The molecule has 0 amide bonds. The number of benzene rings is 1. The smallest absolute Gasteiger partial charge is 0.321 e. The first-order valence-corrected chi connectivity index (χ1v) is 5.40. The van der Waals surface area contributed by atoms with E-state index in [1.54, 1.807) is 0 Å². The van der Waals surface area contributed by atoms with Crippen LogP contribution in [0.4, 0.5) is 0 Å². The molecule has 2 nitrogen and oxygen atoms in total. The predicted octanol–water partition coefficient (Wildman–Crippen LogP) is 2.95. The van der Waals surface area contributed by atoms with E-state index in [4.69, 9.17) is 11.2 Å². The molecule has 0 heterocycles. The summed E-state index contributed by atoms with van der Waals surface area (Å²) in [7, 11) is 0. The van der Waals surface area contributed by atoms with E-state index in [2.05, 4.69) is 5.92 Å². The molecule has 0 aliphatic heterocycles. The molecule has 0 bridgehead atoms. The van der Waals surface area contributed by atoms with Crippen LogP contribution in [0.15, 0.2) is 30.3 Å². The van der Waals surface area contributed by atoms with Crippen molar-refractivity contribution in [3.8, 4) is 12.3 Å². The fourth-order valence-corrected chi connectivity index (χ4v) is 1.40. The molecule has 1 aromatic carbocycles. The molecule has 84 valence electrons. The second-order valence-corrected chi connectivity index (χ2v) is 3.62. The number of carbonyl (C=O) groups excluding carboxylic acids is 1. The van der Waals surface area contributed by atoms with Crippen molar-refractivity contribution in [3.63, 3.8) is 0 Å². The van der Waals surface area contributed by atoms with Gasteiger partial charge in [-0.1, -0.05) is 43.2 Å². The van der Waals surface area contributed by atoms with E-state index >= 15 is 0 Å². The van der Waals surface area contributed by atoms with E-state index in [-0.39, 0.29) is 12.1 Å². The topological polar surface area (TPSA) is 26.3 Å². The number of rotatable bonds is 4. The van der Waals surface area contributed by atoms with E-state index in [1.165, 1.54) is 0 Å². The van der Waals surface area contributed by atoms with Gasteiger partial charge in [0.2, 0.25) is 0 Å². The van der Waals surface area contributed by atoms with Gasteiger partial charge < -0.3 is 4.74 Å². The summed E-state index contributed by atoms with van der Waals surface area (Å²) in [6.07, 6.45) is 5.60. The van der Waals surface area contributed by atoms with Gasteiger partial charge in [0.25, 0.3) is 0 Å². The summed E-state index contributed by atoms with van der Waals surface area (Å²) in [5, 5.41) is 0. The molecule has 2 unspecified atom stereocenters. The van der Waals surface area contributed by atoms with Crippen molar-refractivity contribution in [2.45, 2.75) is 26.4 Å². The zero-order valence-electron chi connectivity index (χ0n) is 9.64. The molecule has 0 fully saturated rings. The van der Waals surface area contributed by atoms with Crippen LogP contribution in [0.3, 0.4) is 0 Å². The van der Waals surface area contributed by atoms with Crippen LogP contribution >= 0.6 is 0 Å². The molecule has 0 aliphatic rings. The predicted molar refractivity (Wildman–Crippen MR) is 63.6 cm³/mol. The van der Waals surface area contributed by atoms with Gasteiger partial charge in [0.05, 0.1) is 0 Å². The minimum atomic E-state index is -0.439. The first-order chi connectivity index (χ1) is 7.69. The van der Waals surface area contributed by atoms with Gasteiger partial charge in [0.1, 0.15) is 12.0 Å². The van der Waals surface area contributed by atoms with Gasteiger partial charge >= 0.3 is 5.97 Å². The standard InChI is InChI=1S/C14H16O2/c1-4-12(5-2)14(15)16-11(3)13-9-7-6-8-10-13/h1,6-12H,5H2,2-3H3. The van der Waals surface area contributed by atoms with E-state index < -0.39 is 5.92 Å². The van der Waals surface area contributed by atoms with Gasteiger partial charge in [0, 0.05) is 0 Å². The van der Waals surface area contributed by atoms with Crippen molar-refractivity contribution in [2.24, 2.45) is 5.92 Å². The highest BCUT2D eigenvalue weighted by Gasteiger charge is 2.18. The van der Waals surface area contributed by atoms with Gasteiger partial charge in [-0.2, -0.15) is 0 Å². The first-order valence-electron chi connectivity index (χ1n) is 5.40. The molecule has 0 saturated heterocycles. The quantitative estimate of drug-likeness (QED) is 0.571. The van der Waals surface area contributed by atoms with E-state index in [1.807, 2.05) is 44.2 Å². The Morgan fingerprint density at radius 2 is 2.06 bits per heavy atom. The van der Waals surface area contributed by atoms with Crippen LogP contribution in [-0.2, 0) is 9.53 Å². The lowest BCUT2D eigenvalue weighted by Gasteiger charge is -2.15. The molecule has 0 saturated carbocycles. The number of esters is 1. The molecule has 0 aromatic heterocycles. The Hall–Kier alpha value is -1.75. The van der Waals surface area contributed by atoms with Gasteiger partial charge in [-0.25, -0.2) is 0 Å². The minimum absolute atomic E-state index is 0.254. The fourth-order valence-electron chi connectivity index (χ4n) is 1.40. The van der Waals surface area contributed by atoms with Crippen LogP contribution in [0, 0.1) is 18.3 Å². The van der Waals surface area contributed by atoms with Crippen molar-refractivity contribution in [1.29, 1.82) is 0 Å². The molecular formula is C14H16O2. The maximum absolute atomic E-state index is 11.6. The SMILES string of the molecule is C#CC(CC)C(=O)OC(C)c1ccccc1. The Labute approximate surface area is 96.6 Å². The van der Waals surface area contributed by atoms with Crippen molar-refractivity contribution in [1.82, 2.24) is 0 Å². The van der Waals surface area contributed by atoms with Crippen LogP contribution in [0.1, 0.15) is 31.9 Å². The molecule has 0 aliphatic carbocycles. The van der Waals surface area contributed by atoms with Gasteiger partial charge in [-0.15, -0.1) is 6.42 Å². The molecule has 1 rings (SSSR count). The minimum Gasteiger partial charge on any atom is -0.457 e. The average molecular weight is 216 g/mol. The second kappa shape index (κ2) is 5.97. The number of terminal acetylenes is 1. The van der Waals surface area contributed by atoms with Gasteiger partial charge in [-0.3, -0.25) is 4.79 Å². The zero-order chi connectivity index (χ0) is 12.0. The van der Waals surface area contributed by atoms with Crippen molar-refractivity contribution >= 4 is 5.97 Å². The molecule has 0 spiro atoms. The second-order valence-electron chi connectivity index (χ2n) is 3.62. The number of ether oxygens (including phenoxy) is 1. The normalized spacial score (nSPS) is 13.6. The third-order valence-corrected chi connectivity index (χ3v) is 2.46. The first kappa shape index (κ1) is 12.3. The van der Waals surface area contributed by atoms with Crippen molar-refractivity contribution < 1.29 is 9.53 Å². The van der Waals surface area contributed by atoms with Crippen molar-refractivity contribution in [3.05, 3.63) is 35.9 Å². The van der Waals surface area contributed by atoms with Crippen molar-refractivity contribution in [2.75, 3.05) is 0 Å². The third kappa shape index (κ3) is 3.13. The Morgan fingerprint density at radius 1 is 1.44 bits per heavy atom. The Morgan fingerprint density at radius 3 is 2.56 bits per heavy atom. The van der Waals surface area contributed by atoms with Crippen LogP contribution < -0.4 is 0 Å². The zero-order valence-corrected chi connectivity index (χ0v) is 9.64. The van der Waals surface area contributed by atoms with Crippen LogP contribution in [0.2, 0.25) is 0 Å². The molecular weight excluding hydrogens is 200 g/mol. The Kier molecular flexibility index (Phi) is 4.60. The molecule has 0 N–H and O–H groups in total. The molecule has 2 atom stereocenters. The fraction of sp³-hybridized carbons (Fsp3) is 0.357. The van der Waals surface area contributed by atoms with Crippen LogP contribution in [-0.4, -0.2) is 5.97 Å². The van der Waals surface area contributed by atoms with E-state index in [0.29, 0.717) is 6.42 Å². The summed E-state index contributed by atoms with van der Waals surface area (Å²) < 4.78 is 5.30. The maximum atomic E-state index is 11.6. The Bertz CT molecular complexity index is 375. The van der Waals surface area contributed by atoms with Crippen LogP contribution in [0.25, 0.3) is 0 Å². The summed E-state index contributed by atoms with van der Waals surface area (Å²) in [6, 6.07) is 9.61. The summed E-state index contributed by atoms with van der Waals surface area (Å²) in [4.78, 5) is 11.6. The number of hydrogen-bond donors (Lipinski definition) is 0. The average Bonchev–Trinajstić information content (AvgIpc) is 2.31. The van der Waals surface area contributed by atoms with E-state index in [0.717, 1.165) is 5.56 Å². The largest absolute Gasteiger partial charge is 0.457 e. The summed E-state index contributed by atoms with van der Waals surface area (Å²) in [5.41, 5.74) is 0.975. The summed E-state index contributed by atoms with van der Waals surface area (Å²) in [5.74, 6) is 1.68. The summed E-state index contributed by atoms with van der Waals surface area (Å²) in [6.45, 7) is 3.72. The highest BCUT2D eigenvalue weighted by Crippen LogP contribution is 2.18. The number of hydrogen-bond acceptors (Lipinski definition) is 2. The van der Waals surface area contributed by atoms with Gasteiger partial charge in [0.15, 0.2) is 0 Å². The highest BCUT2D eigenvalue weighted by atomic mass is 16.5. The molecule has 1 aromatic rings. The lowest BCUT2D eigenvalue weighted by molar-refractivity contribution is -0.151. The van der Waals surface area contributed by atoms with E-state index in [9.17, 15) is 4.79 Å². The monoisotopic (exact) mass is 216 g/mol. The lowest BCUT2D eigenvalue weighted by atomic mass is 10.1. The third-order valence-electron chi connectivity index (χ3n) is 2.46. The molecule has 16 heavy (non-hydrogen) atoms. The van der Waals surface area contributed by atoms with Crippen LogP contribution in [0.5, 0.6) is 0 Å². The lowest BCUT2D eigenvalue weighted by Crippen LogP contribution is -2.17. The highest BCUT2D eigenvalue weighted by molar-refractivity contribution is 5.75. The Balaban J connectivity index is 2.62. The summed E-state index contributed by atoms with van der Waals surface area (Å²) >= 11 is 0. The number of carbonyl (C=O) groups is 1. The van der Waals surface area contributed by atoms with Gasteiger partial charge in [-0.05, 0) is 18.9 Å².